The fourth-order valence-electron chi connectivity index (χ4n) is 2.00. The van der Waals surface area contributed by atoms with E-state index in [0.717, 1.165) is 16.5 Å². The molecule has 0 atom stereocenters. The van der Waals surface area contributed by atoms with E-state index in [9.17, 15) is 4.79 Å². The number of nitrogens with one attached hydrogen (secondary N) is 1. The number of carbonyl (C=O) groups excluding carboxylic acids is 1. The molecule has 18 heavy (non-hydrogen) atoms. The first kappa shape index (κ1) is 10.7. The summed E-state index contributed by atoms with van der Waals surface area (Å²) < 4.78 is 0. The van der Waals surface area contributed by atoms with Crippen LogP contribution in [0.15, 0.2) is 48.8 Å². The SMILES string of the molecule is Cc1ccc(C(=O)c2c[nH]c3ccccc23)nc1. The average Bonchev–Trinajstić information content (AvgIpc) is 2.82. The molecule has 0 saturated carbocycles. The number of aromatic amines is 1. The molecule has 0 amide bonds. The molecule has 0 aliphatic heterocycles. The summed E-state index contributed by atoms with van der Waals surface area (Å²) in [5, 5.41) is 0.935. The Balaban J connectivity index is 2.09. The molecule has 3 aromatic rings. The predicted octanol–water partition coefficient (Wildman–Crippen LogP) is 3.10. The van der Waals surface area contributed by atoms with Gasteiger partial charge in [-0.3, -0.25) is 9.78 Å². The number of hydrogen-bond donors (Lipinski definition) is 1. The number of aryl methyl sites for hydroxylation is 1. The van der Waals surface area contributed by atoms with Gasteiger partial charge < -0.3 is 4.98 Å². The minimum Gasteiger partial charge on any atom is -0.360 e. The fourth-order valence-corrected chi connectivity index (χ4v) is 2.00. The Morgan fingerprint density at radius 3 is 2.78 bits per heavy atom. The van der Waals surface area contributed by atoms with E-state index >= 15 is 0 Å². The van der Waals surface area contributed by atoms with Crippen LogP contribution in [0, 0.1) is 6.92 Å². The molecule has 3 nitrogen and oxygen atoms in total. The standard InChI is InChI=1S/C15H12N2O/c1-10-6-7-14(16-8-10)15(18)12-9-17-13-5-3-2-4-11(12)13/h2-9,17H,1H3. The third-order valence-electron chi connectivity index (χ3n) is 2.98. The monoisotopic (exact) mass is 236 g/mol. The summed E-state index contributed by atoms with van der Waals surface area (Å²) >= 11 is 0. The normalized spacial score (nSPS) is 10.7. The highest BCUT2D eigenvalue weighted by Gasteiger charge is 2.14. The lowest BCUT2D eigenvalue weighted by atomic mass is 10.1. The van der Waals surface area contributed by atoms with Gasteiger partial charge in [0.1, 0.15) is 5.69 Å². The van der Waals surface area contributed by atoms with Gasteiger partial charge in [0, 0.05) is 28.9 Å². The van der Waals surface area contributed by atoms with Crippen molar-refractivity contribution in [2.75, 3.05) is 0 Å². The largest absolute Gasteiger partial charge is 0.360 e. The molecule has 1 aromatic carbocycles. The molecular formula is C15H12N2O. The van der Waals surface area contributed by atoms with E-state index in [0.29, 0.717) is 11.3 Å². The minimum atomic E-state index is -0.0487. The second-order valence-electron chi connectivity index (χ2n) is 4.30. The molecule has 88 valence electrons. The van der Waals surface area contributed by atoms with Gasteiger partial charge in [-0.05, 0) is 24.6 Å². The Bertz CT molecular complexity index is 711. The van der Waals surface area contributed by atoms with Crippen molar-refractivity contribution >= 4 is 16.7 Å². The van der Waals surface area contributed by atoms with Gasteiger partial charge in [-0.15, -0.1) is 0 Å². The highest BCUT2D eigenvalue weighted by molar-refractivity contribution is 6.15. The number of ketones is 1. The van der Waals surface area contributed by atoms with Crippen LogP contribution in [-0.2, 0) is 0 Å². The van der Waals surface area contributed by atoms with E-state index in [1.807, 2.05) is 37.3 Å². The molecular weight excluding hydrogens is 224 g/mol. The Morgan fingerprint density at radius 1 is 1.17 bits per heavy atom. The Kier molecular flexibility index (Phi) is 2.45. The highest BCUT2D eigenvalue weighted by atomic mass is 16.1. The summed E-state index contributed by atoms with van der Waals surface area (Å²) in [6.07, 6.45) is 3.45. The van der Waals surface area contributed by atoms with Gasteiger partial charge in [-0.1, -0.05) is 24.3 Å². The molecule has 0 aliphatic rings. The molecule has 3 heteroatoms. The number of fused-ring (bicyclic) bond motifs is 1. The number of rotatable bonds is 2. The summed E-state index contributed by atoms with van der Waals surface area (Å²) in [5.41, 5.74) is 3.16. The lowest BCUT2D eigenvalue weighted by molar-refractivity contribution is 0.103. The van der Waals surface area contributed by atoms with Crippen molar-refractivity contribution in [3.8, 4) is 0 Å². The second kappa shape index (κ2) is 4.11. The first-order valence-electron chi connectivity index (χ1n) is 5.79. The van der Waals surface area contributed by atoms with Crippen molar-refractivity contribution in [2.45, 2.75) is 6.92 Å². The average molecular weight is 236 g/mol. The van der Waals surface area contributed by atoms with Gasteiger partial charge in [-0.2, -0.15) is 0 Å². The van der Waals surface area contributed by atoms with Crippen molar-refractivity contribution in [2.24, 2.45) is 0 Å². The molecule has 3 rings (SSSR count). The fraction of sp³-hybridized carbons (Fsp3) is 0.0667. The molecule has 1 N–H and O–H groups in total. The zero-order chi connectivity index (χ0) is 12.5. The molecule has 0 spiro atoms. The number of H-pyrrole nitrogens is 1. The summed E-state index contributed by atoms with van der Waals surface area (Å²) in [7, 11) is 0. The van der Waals surface area contributed by atoms with E-state index in [1.165, 1.54) is 0 Å². The maximum Gasteiger partial charge on any atom is 0.213 e. The smallest absolute Gasteiger partial charge is 0.213 e. The Labute approximate surface area is 104 Å². The summed E-state index contributed by atoms with van der Waals surface area (Å²) in [4.78, 5) is 19.6. The zero-order valence-corrected chi connectivity index (χ0v) is 9.97. The van der Waals surface area contributed by atoms with E-state index < -0.39 is 0 Å². The van der Waals surface area contributed by atoms with Crippen LogP contribution >= 0.6 is 0 Å². The lowest BCUT2D eigenvalue weighted by Crippen LogP contribution is -2.03. The molecule has 0 aliphatic carbocycles. The van der Waals surface area contributed by atoms with Crippen LogP contribution < -0.4 is 0 Å². The Morgan fingerprint density at radius 2 is 2.00 bits per heavy atom. The van der Waals surface area contributed by atoms with E-state index in [-0.39, 0.29) is 5.78 Å². The van der Waals surface area contributed by atoms with Crippen LogP contribution in [0.5, 0.6) is 0 Å². The number of aromatic nitrogens is 2. The maximum atomic E-state index is 12.4. The van der Waals surface area contributed by atoms with Crippen LogP contribution in [0.4, 0.5) is 0 Å². The first-order chi connectivity index (χ1) is 8.75. The van der Waals surface area contributed by atoms with Crippen LogP contribution in [-0.4, -0.2) is 15.8 Å². The van der Waals surface area contributed by atoms with Gasteiger partial charge in [-0.25, -0.2) is 0 Å². The van der Waals surface area contributed by atoms with Crippen LogP contribution in [0.2, 0.25) is 0 Å². The van der Waals surface area contributed by atoms with Gasteiger partial charge >= 0.3 is 0 Å². The third-order valence-corrected chi connectivity index (χ3v) is 2.98. The van der Waals surface area contributed by atoms with Crippen LogP contribution in [0.25, 0.3) is 10.9 Å². The lowest BCUT2D eigenvalue weighted by Gasteiger charge is -1.99. The number of pyridine rings is 1. The Hall–Kier alpha value is -2.42. The van der Waals surface area contributed by atoms with Gasteiger partial charge in [0.25, 0.3) is 0 Å². The number of nitrogens with zero attached hydrogens (tertiary/aromatic N) is 1. The van der Waals surface area contributed by atoms with E-state index in [4.69, 9.17) is 0 Å². The molecule has 0 unspecified atom stereocenters. The van der Waals surface area contributed by atoms with Gasteiger partial charge in [0.05, 0.1) is 0 Å². The highest BCUT2D eigenvalue weighted by Crippen LogP contribution is 2.20. The molecule has 0 saturated heterocycles. The summed E-state index contributed by atoms with van der Waals surface area (Å²) in [5.74, 6) is -0.0487. The molecule has 2 heterocycles. The molecule has 0 radical (unpaired) electrons. The molecule has 0 fully saturated rings. The van der Waals surface area contributed by atoms with E-state index in [1.54, 1.807) is 18.5 Å². The molecule has 2 aromatic heterocycles. The van der Waals surface area contributed by atoms with Crippen molar-refractivity contribution in [3.63, 3.8) is 0 Å². The van der Waals surface area contributed by atoms with Crippen LogP contribution in [0.1, 0.15) is 21.6 Å². The predicted molar refractivity (Wildman–Crippen MR) is 70.7 cm³/mol. The topological polar surface area (TPSA) is 45.8 Å². The number of hydrogen-bond acceptors (Lipinski definition) is 2. The summed E-state index contributed by atoms with van der Waals surface area (Å²) in [6.45, 7) is 1.95. The number of benzene rings is 1. The maximum absolute atomic E-state index is 12.4. The zero-order valence-electron chi connectivity index (χ0n) is 9.97. The third kappa shape index (κ3) is 1.70. The van der Waals surface area contributed by atoms with Crippen molar-refractivity contribution < 1.29 is 4.79 Å². The van der Waals surface area contributed by atoms with Crippen molar-refractivity contribution in [1.29, 1.82) is 0 Å². The first-order valence-corrected chi connectivity index (χ1v) is 5.79. The quantitative estimate of drug-likeness (QED) is 0.695. The van der Waals surface area contributed by atoms with Crippen LogP contribution in [0.3, 0.4) is 0 Å². The minimum absolute atomic E-state index is 0.0487. The summed E-state index contributed by atoms with van der Waals surface area (Å²) in [6, 6.07) is 11.4. The van der Waals surface area contributed by atoms with E-state index in [2.05, 4.69) is 9.97 Å². The second-order valence-corrected chi connectivity index (χ2v) is 4.30. The van der Waals surface area contributed by atoms with Gasteiger partial charge in [0.15, 0.2) is 0 Å². The number of para-hydroxylation sites is 1. The van der Waals surface area contributed by atoms with Crippen molar-refractivity contribution in [1.82, 2.24) is 9.97 Å². The van der Waals surface area contributed by atoms with Crippen molar-refractivity contribution in [3.05, 3.63) is 65.6 Å². The number of carbonyl (C=O) groups is 1. The molecule has 0 bridgehead atoms. The van der Waals surface area contributed by atoms with Gasteiger partial charge in [0.2, 0.25) is 5.78 Å².